The van der Waals surface area contributed by atoms with Crippen molar-refractivity contribution >= 4 is 35.6 Å². The molecule has 3 rings (SSSR count). The highest BCUT2D eigenvalue weighted by Gasteiger charge is 2.36. The van der Waals surface area contributed by atoms with Crippen LogP contribution in [-0.4, -0.2) is 16.8 Å². The van der Waals surface area contributed by atoms with E-state index in [0.717, 1.165) is 24.0 Å². The average Bonchev–Trinajstić information content (AvgIpc) is 3.35. The van der Waals surface area contributed by atoms with E-state index in [-0.39, 0.29) is 24.4 Å². The van der Waals surface area contributed by atoms with E-state index < -0.39 is 0 Å². The smallest absolute Gasteiger partial charge is 0.227 e. The van der Waals surface area contributed by atoms with Gasteiger partial charge in [-0.25, -0.2) is 0 Å². The maximum Gasteiger partial charge on any atom is 0.227 e. The molecule has 5 heteroatoms. The highest BCUT2D eigenvalue weighted by Crippen LogP contribution is 2.36. The van der Waals surface area contributed by atoms with E-state index in [1.165, 1.54) is 0 Å². The summed E-state index contributed by atoms with van der Waals surface area (Å²) in [6.07, 6.45) is 2.54. The van der Waals surface area contributed by atoms with Crippen LogP contribution in [0.25, 0.3) is 0 Å². The van der Waals surface area contributed by atoms with Crippen LogP contribution in [-0.2, 0) is 11.2 Å². The van der Waals surface area contributed by atoms with Crippen LogP contribution < -0.4 is 5.73 Å². The van der Waals surface area contributed by atoms with E-state index >= 15 is 0 Å². The van der Waals surface area contributed by atoms with E-state index in [4.69, 9.17) is 17.3 Å². The number of hydrogen-bond donors (Lipinski definition) is 1. The Morgan fingerprint density at radius 3 is 2.42 bits per heavy atom. The summed E-state index contributed by atoms with van der Waals surface area (Å²) in [6.45, 7) is 2.06. The molecule has 0 saturated heterocycles. The van der Waals surface area contributed by atoms with Crippen molar-refractivity contribution in [2.75, 3.05) is 5.73 Å². The quantitative estimate of drug-likeness (QED) is 0.785. The van der Waals surface area contributed by atoms with Crippen LogP contribution in [0.1, 0.15) is 36.9 Å². The lowest BCUT2D eigenvalue weighted by atomic mass is 10.0. The predicted molar refractivity (Wildman–Crippen MR) is 102 cm³/mol. The lowest BCUT2D eigenvalue weighted by molar-refractivity contribution is -0.133. The number of rotatable bonds is 5. The third kappa shape index (κ3) is 4.22. The Bertz CT molecular complexity index is 699. The maximum atomic E-state index is 12.9. The van der Waals surface area contributed by atoms with Crippen molar-refractivity contribution in [1.29, 1.82) is 0 Å². The average molecular weight is 365 g/mol. The molecule has 1 unspecified atom stereocenters. The molecular formula is C19H22Cl2N2O. The van der Waals surface area contributed by atoms with Gasteiger partial charge in [-0.3, -0.25) is 4.79 Å². The van der Waals surface area contributed by atoms with Gasteiger partial charge in [-0.2, -0.15) is 0 Å². The first-order valence-electron chi connectivity index (χ1n) is 7.96. The second kappa shape index (κ2) is 7.91. The van der Waals surface area contributed by atoms with Gasteiger partial charge >= 0.3 is 0 Å². The lowest BCUT2D eigenvalue weighted by Gasteiger charge is -2.30. The molecule has 1 amide bonds. The van der Waals surface area contributed by atoms with E-state index in [2.05, 4.69) is 6.92 Å². The Morgan fingerprint density at radius 2 is 1.83 bits per heavy atom. The summed E-state index contributed by atoms with van der Waals surface area (Å²) in [6, 6.07) is 15.6. The lowest BCUT2D eigenvalue weighted by Crippen LogP contribution is -2.36. The molecule has 1 atom stereocenters. The van der Waals surface area contributed by atoms with E-state index in [1.54, 1.807) is 0 Å². The van der Waals surface area contributed by atoms with Crippen LogP contribution in [0.5, 0.6) is 0 Å². The molecule has 0 aromatic heterocycles. The number of amides is 1. The summed E-state index contributed by atoms with van der Waals surface area (Å²) >= 11 is 6.32. The molecule has 0 spiro atoms. The summed E-state index contributed by atoms with van der Waals surface area (Å²) in [5, 5.41) is 0.714. The molecule has 1 fully saturated rings. The van der Waals surface area contributed by atoms with Crippen molar-refractivity contribution in [3.63, 3.8) is 0 Å². The molecule has 24 heavy (non-hydrogen) atoms. The van der Waals surface area contributed by atoms with Gasteiger partial charge in [0.25, 0.3) is 0 Å². The number of nitrogen functional groups attached to an aromatic ring is 1. The number of anilines is 1. The molecule has 0 bridgehead atoms. The zero-order chi connectivity index (χ0) is 16.4. The molecule has 0 heterocycles. The molecule has 2 N–H and O–H groups in total. The summed E-state index contributed by atoms with van der Waals surface area (Å²) in [4.78, 5) is 14.9. The Morgan fingerprint density at radius 1 is 1.21 bits per heavy atom. The first kappa shape index (κ1) is 18.6. The highest BCUT2D eigenvalue weighted by molar-refractivity contribution is 6.31. The van der Waals surface area contributed by atoms with Crippen molar-refractivity contribution in [2.24, 2.45) is 0 Å². The normalized spacial score (nSPS) is 14.6. The zero-order valence-corrected chi connectivity index (χ0v) is 15.2. The van der Waals surface area contributed by atoms with E-state index in [0.29, 0.717) is 23.2 Å². The van der Waals surface area contributed by atoms with Crippen molar-refractivity contribution in [1.82, 2.24) is 4.90 Å². The summed E-state index contributed by atoms with van der Waals surface area (Å²) in [5.41, 5.74) is 8.41. The van der Waals surface area contributed by atoms with Gasteiger partial charge in [0, 0.05) is 16.8 Å². The minimum atomic E-state index is -0.0162. The van der Waals surface area contributed by atoms with Crippen LogP contribution in [0.2, 0.25) is 5.02 Å². The highest BCUT2D eigenvalue weighted by atomic mass is 35.5. The number of halogens is 2. The fourth-order valence-corrected chi connectivity index (χ4v) is 3.25. The van der Waals surface area contributed by atoms with E-state index in [9.17, 15) is 4.79 Å². The first-order chi connectivity index (χ1) is 11.1. The van der Waals surface area contributed by atoms with Crippen molar-refractivity contribution in [2.45, 2.75) is 38.3 Å². The molecule has 2 aromatic rings. The molecule has 3 nitrogen and oxygen atoms in total. The number of carbonyl (C=O) groups is 1. The van der Waals surface area contributed by atoms with Gasteiger partial charge in [-0.1, -0.05) is 41.9 Å². The number of nitrogens with zero attached hydrogens (tertiary/aromatic N) is 1. The summed E-state index contributed by atoms with van der Waals surface area (Å²) < 4.78 is 0. The second-order valence-electron chi connectivity index (χ2n) is 6.15. The Kier molecular flexibility index (Phi) is 6.14. The fraction of sp³-hybridized carbons (Fsp3) is 0.316. The molecular weight excluding hydrogens is 343 g/mol. The Hall–Kier alpha value is -1.71. The van der Waals surface area contributed by atoms with Crippen LogP contribution in [0.15, 0.2) is 48.5 Å². The number of carbonyl (C=O) groups excluding carboxylic acids is 1. The number of nitrogens with two attached hydrogens (primary N) is 1. The van der Waals surface area contributed by atoms with Crippen molar-refractivity contribution in [3.8, 4) is 0 Å². The van der Waals surface area contributed by atoms with Gasteiger partial charge in [0.05, 0.1) is 12.5 Å². The Labute approximate surface area is 154 Å². The Balaban J connectivity index is 0.00000208. The van der Waals surface area contributed by atoms with Crippen molar-refractivity contribution in [3.05, 3.63) is 64.7 Å². The third-order valence-electron chi connectivity index (χ3n) is 4.34. The molecule has 1 aliphatic rings. The van der Waals surface area contributed by atoms with Gasteiger partial charge in [-0.15, -0.1) is 12.4 Å². The van der Waals surface area contributed by atoms with Crippen LogP contribution in [0, 0.1) is 0 Å². The largest absolute Gasteiger partial charge is 0.399 e. The molecule has 0 aliphatic heterocycles. The van der Waals surface area contributed by atoms with Gasteiger partial charge in [-0.05, 0) is 49.1 Å². The van der Waals surface area contributed by atoms with Crippen LogP contribution in [0.4, 0.5) is 5.69 Å². The minimum Gasteiger partial charge on any atom is -0.399 e. The molecule has 1 saturated carbocycles. The molecule has 2 aromatic carbocycles. The van der Waals surface area contributed by atoms with Gasteiger partial charge in [0.15, 0.2) is 0 Å². The van der Waals surface area contributed by atoms with Crippen molar-refractivity contribution < 1.29 is 4.79 Å². The van der Waals surface area contributed by atoms with E-state index in [1.807, 2.05) is 53.4 Å². The molecule has 0 radical (unpaired) electrons. The SMILES string of the molecule is CC(c1ccccc1Cl)N(C(=O)Cc1ccc(N)cc1)C1CC1.Cl. The first-order valence-corrected chi connectivity index (χ1v) is 8.34. The number of hydrogen-bond acceptors (Lipinski definition) is 2. The monoisotopic (exact) mass is 364 g/mol. The zero-order valence-electron chi connectivity index (χ0n) is 13.6. The number of benzene rings is 2. The maximum absolute atomic E-state index is 12.9. The van der Waals surface area contributed by atoms with Gasteiger partial charge in [0.2, 0.25) is 5.91 Å². The van der Waals surface area contributed by atoms with Gasteiger partial charge < -0.3 is 10.6 Å². The van der Waals surface area contributed by atoms with Gasteiger partial charge in [0.1, 0.15) is 0 Å². The second-order valence-corrected chi connectivity index (χ2v) is 6.56. The standard InChI is InChI=1S/C19H21ClN2O.ClH/c1-13(17-4-2-3-5-18(17)20)22(16-10-11-16)19(23)12-14-6-8-15(21)9-7-14;/h2-9,13,16H,10-12,21H2,1H3;1H. The molecule has 1 aliphatic carbocycles. The topological polar surface area (TPSA) is 46.3 Å². The summed E-state index contributed by atoms with van der Waals surface area (Å²) in [5.74, 6) is 0.143. The minimum absolute atomic E-state index is 0. The molecule has 128 valence electrons. The third-order valence-corrected chi connectivity index (χ3v) is 4.68. The predicted octanol–water partition coefficient (Wildman–Crippen LogP) is 4.64. The fourth-order valence-electron chi connectivity index (χ4n) is 2.95. The van der Waals surface area contributed by atoms with Crippen LogP contribution in [0.3, 0.4) is 0 Å². The van der Waals surface area contributed by atoms with Crippen LogP contribution >= 0.6 is 24.0 Å². The summed E-state index contributed by atoms with van der Waals surface area (Å²) in [7, 11) is 0.